The van der Waals surface area contributed by atoms with Crippen LogP contribution < -0.4 is 10.2 Å². The Bertz CT molecular complexity index is 687. The molecule has 0 aromatic carbocycles. The van der Waals surface area contributed by atoms with E-state index >= 15 is 0 Å². The number of aromatic nitrogens is 1. The van der Waals surface area contributed by atoms with Gasteiger partial charge < -0.3 is 19.5 Å². The maximum Gasteiger partial charge on any atom is 0.284 e. The average Bonchev–Trinajstić information content (AvgIpc) is 3.15. The molecule has 0 bridgehead atoms. The summed E-state index contributed by atoms with van der Waals surface area (Å²) in [7, 11) is 0. The lowest BCUT2D eigenvalue weighted by Crippen LogP contribution is -2.46. The largest absolute Gasteiger partial charge is 0.464 e. The molecule has 2 aromatic rings. The second-order valence-electron chi connectivity index (χ2n) is 6.49. The molecule has 2 aromatic heterocycles. The lowest BCUT2D eigenvalue weighted by atomic mass is 10.2. The molecule has 0 saturated carbocycles. The SMILES string of the molecule is CCN1CCN(c2ccc(CNCc3ccc(CSC(F)F)o3)cn2)CC1. The van der Waals surface area contributed by atoms with E-state index in [4.69, 9.17) is 4.42 Å². The Hall–Kier alpha value is -1.64. The molecular weight excluding hydrogens is 370 g/mol. The molecule has 1 saturated heterocycles. The van der Waals surface area contributed by atoms with Gasteiger partial charge in [0, 0.05) is 38.9 Å². The fourth-order valence-electron chi connectivity index (χ4n) is 3.07. The summed E-state index contributed by atoms with van der Waals surface area (Å²) in [6, 6.07) is 7.74. The van der Waals surface area contributed by atoms with Crippen LogP contribution in [-0.2, 0) is 18.8 Å². The summed E-state index contributed by atoms with van der Waals surface area (Å²) in [5, 5.41) is 3.30. The summed E-state index contributed by atoms with van der Waals surface area (Å²) in [6.45, 7) is 8.74. The van der Waals surface area contributed by atoms with Gasteiger partial charge >= 0.3 is 0 Å². The molecule has 0 radical (unpaired) electrons. The topological polar surface area (TPSA) is 44.5 Å². The lowest BCUT2D eigenvalue weighted by molar-refractivity contribution is 0.251. The number of thioether (sulfide) groups is 1. The van der Waals surface area contributed by atoms with Crippen LogP contribution in [0.15, 0.2) is 34.9 Å². The molecule has 1 aliphatic rings. The van der Waals surface area contributed by atoms with Crippen molar-refractivity contribution in [3.8, 4) is 0 Å². The van der Waals surface area contributed by atoms with Gasteiger partial charge in [-0.05, 0) is 30.3 Å². The van der Waals surface area contributed by atoms with Gasteiger partial charge in [0.2, 0.25) is 0 Å². The number of hydrogen-bond acceptors (Lipinski definition) is 6. The Balaban J connectivity index is 1.41. The molecule has 8 heteroatoms. The second-order valence-corrected chi connectivity index (χ2v) is 7.47. The molecule has 0 aliphatic carbocycles. The van der Waals surface area contributed by atoms with Crippen molar-refractivity contribution in [2.75, 3.05) is 37.6 Å². The summed E-state index contributed by atoms with van der Waals surface area (Å²) in [4.78, 5) is 9.36. The van der Waals surface area contributed by atoms with E-state index in [-0.39, 0.29) is 5.75 Å². The number of nitrogens with zero attached hydrogens (tertiary/aromatic N) is 3. The smallest absolute Gasteiger partial charge is 0.284 e. The normalized spacial score (nSPS) is 15.6. The van der Waals surface area contributed by atoms with Crippen LogP contribution in [0, 0.1) is 0 Å². The minimum absolute atomic E-state index is 0.190. The standard InChI is InChI=1S/C19H26F2N4OS/c1-2-24-7-9-25(10-8-24)18-6-3-15(12-23-18)11-22-13-16-4-5-17(26-16)14-27-19(20)21/h3-6,12,19,22H,2,7-11,13-14H2,1H3. The van der Waals surface area contributed by atoms with E-state index in [2.05, 4.69) is 39.2 Å². The Morgan fingerprint density at radius 2 is 1.89 bits per heavy atom. The van der Waals surface area contributed by atoms with Crippen LogP contribution in [0.3, 0.4) is 0 Å². The van der Waals surface area contributed by atoms with Gasteiger partial charge in [0.05, 0.1) is 12.3 Å². The molecule has 1 fully saturated rings. The molecule has 0 unspecified atom stereocenters. The van der Waals surface area contributed by atoms with Crippen LogP contribution in [-0.4, -0.2) is 48.4 Å². The van der Waals surface area contributed by atoms with E-state index < -0.39 is 5.76 Å². The first-order valence-corrected chi connectivity index (χ1v) is 10.3. The summed E-state index contributed by atoms with van der Waals surface area (Å²) >= 11 is 0.570. The molecule has 1 aliphatic heterocycles. The van der Waals surface area contributed by atoms with Crippen molar-refractivity contribution in [2.45, 2.75) is 31.5 Å². The van der Waals surface area contributed by atoms with E-state index in [1.54, 1.807) is 6.07 Å². The molecule has 1 N–H and O–H groups in total. The zero-order valence-electron chi connectivity index (χ0n) is 15.5. The van der Waals surface area contributed by atoms with Crippen LogP contribution in [0.5, 0.6) is 0 Å². The highest BCUT2D eigenvalue weighted by atomic mass is 32.2. The maximum atomic E-state index is 12.2. The fourth-order valence-corrected chi connectivity index (χ4v) is 3.52. The van der Waals surface area contributed by atoms with E-state index in [1.807, 2.05) is 12.3 Å². The number of anilines is 1. The first-order valence-electron chi connectivity index (χ1n) is 9.24. The Morgan fingerprint density at radius 3 is 2.56 bits per heavy atom. The number of hydrogen-bond donors (Lipinski definition) is 1. The number of rotatable bonds is 9. The summed E-state index contributed by atoms with van der Waals surface area (Å²) in [5.74, 6) is 0.171. The van der Waals surface area contributed by atoms with Crippen molar-refractivity contribution in [3.05, 3.63) is 47.5 Å². The number of furan rings is 1. The molecule has 3 heterocycles. The van der Waals surface area contributed by atoms with Crippen LogP contribution in [0.1, 0.15) is 24.0 Å². The summed E-state index contributed by atoms with van der Waals surface area (Å²) < 4.78 is 29.9. The second kappa shape index (κ2) is 10.1. The number of nitrogens with one attached hydrogen (secondary N) is 1. The van der Waals surface area contributed by atoms with E-state index in [1.165, 1.54) is 0 Å². The highest BCUT2D eigenvalue weighted by Gasteiger charge is 2.16. The van der Waals surface area contributed by atoms with Gasteiger partial charge in [0.25, 0.3) is 5.76 Å². The Labute approximate surface area is 163 Å². The third kappa shape index (κ3) is 6.19. The number of piperazine rings is 1. The molecule has 0 spiro atoms. The van der Waals surface area contributed by atoms with Gasteiger partial charge in [-0.1, -0.05) is 24.8 Å². The van der Waals surface area contributed by atoms with Crippen molar-refractivity contribution in [3.63, 3.8) is 0 Å². The van der Waals surface area contributed by atoms with Crippen molar-refractivity contribution in [1.82, 2.24) is 15.2 Å². The monoisotopic (exact) mass is 396 g/mol. The molecule has 148 valence electrons. The van der Waals surface area contributed by atoms with Gasteiger partial charge in [-0.2, -0.15) is 8.78 Å². The van der Waals surface area contributed by atoms with Crippen molar-refractivity contribution in [1.29, 1.82) is 0 Å². The maximum absolute atomic E-state index is 12.2. The molecular formula is C19H26F2N4OS. The zero-order chi connectivity index (χ0) is 19.1. The van der Waals surface area contributed by atoms with E-state index in [0.29, 0.717) is 30.6 Å². The summed E-state index contributed by atoms with van der Waals surface area (Å²) in [5.41, 5.74) is 1.10. The van der Waals surface area contributed by atoms with Crippen molar-refractivity contribution in [2.24, 2.45) is 0 Å². The zero-order valence-corrected chi connectivity index (χ0v) is 16.4. The first kappa shape index (κ1) is 20.1. The van der Waals surface area contributed by atoms with Gasteiger partial charge in [-0.15, -0.1) is 0 Å². The van der Waals surface area contributed by atoms with Gasteiger partial charge in [-0.25, -0.2) is 4.98 Å². The minimum atomic E-state index is -2.37. The van der Waals surface area contributed by atoms with Crippen molar-refractivity contribution >= 4 is 17.6 Å². The predicted molar refractivity (Wildman–Crippen MR) is 105 cm³/mol. The number of halogens is 2. The lowest BCUT2D eigenvalue weighted by Gasteiger charge is -2.34. The highest BCUT2D eigenvalue weighted by molar-refractivity contribution is 7.98. The molecule has 27 heavy (non-hydrogen) atoms. The molecule has 5 nitrogen and oxygen atoms in total. The van der Waals surface area contributed by atoms with Crippen LogP contribution in [0.2, 0.25) is 0 Å². The highest BCUT2D eigenvalue weighted by Crippen LogP contribution is 2.21. The number of likely N-dealkylation sites (N-methyl/N-ethyl adjacent to an activating group) is 1. The number of alkyl halides is 2. The summed E-state index contributed by atoms with van der Waals surface area (Å²) in [6.07, 6.45) is 1.90. The molecule has 0 atom stereocenters. The quantitative estimate of drug-likeness (QED) is 0.699. The fraction of sp³-hybridized carbons (Fsp3) is 0.526. The van der Waals surface area contributed by atoms with Gasteiger partial charge in [0.15, 0.2) is 0 Å². The van der Waals surface area contributed by atoms with Gasteiger partial charge in [-0.3, -0.25) is 0 Å². The molecule has 3 rings (SSSR count). The molecule has 0 amide bonds. The third-order valence-corrected chi connectivity index (χ3v) is 5.35. The number of pyridine rings is 1. The Kier molecular flexibility index (Phi) is 7.49. The minimum Gasteiger partial charge on any atom is -0.464 e. The van der Waals surface area contributed by atoms with E-state index in [0.717, 1.165) is 49.9 Å². The van der Waals surface area contributed by atoms with Crippen LogP contribution in [0.25, 0.3) is 0 Å². The average molecular weight is 397 g/mol. The third-order valence-electron chi connectivity index (χ3n) is 4.65. The van der Waals surface area contributed by atoms with E-state index in [9.17, 15) is 8.78 Å². The van der Waals surface area contributed by atoms with Crippen LogP contribution in [0.4, 0.5) is 14.6 Å². The predicted octanol–water partition coefficient (Wildman–Crippen LogP) is 3.56. The van der Waals surface area contributed by atoms with Crippen molar-refractivity contribution < 1.29 is 13.2 Å². The van der Waals surface area contributed by atoms with Crippen LogP contribution >= 0.6 is 11.8 Å². The van der Waals surface area contributed by atoms with Gasteiger partial charge in [0.1, 0.15) is 17.3 Å². The Morgan fingerprint density at radius 1 is 1.11 bits per heavy atom. The first-order chi connectivity index (χ1) is 13.1.